The smallest absolute Gasteiger partial charge is 0.0629 e. The van der Waals surface area contributed by atoms with Crippen LogP contribution in [0.2, 0.25) is 0 Å². The summed E-state index contributed by atoms with van der Waals surface area (Å²) in [6.45, 7) is 12.4. The van der Waals surface area contributed by atoms with Crippen LogP contribution in [-0.2, 0) is 0 Å². The van der Waals surface area contributed by atoms with E-state index in [1.165, 1.54) is 71.6 Å². The summed E-state index contributed by atoms with van der Waals surface area (Å²) < 4.78 is 8.58. The maximum absolute atomic E-state index is 2.21. The first-order chi connectivity index (χ1) is 21.7. The molecule has 0 amide bonds. The molecule has 0 bridgehead atoms. The Morgan fingerprint density at radius 2 is 0.659 bits per heavy atom. The van der Waals surface area contributed by atoms with Crippen molar-refractivity contribution < 1.29 is 0 Å². The van der Waals surface area contributed by atoms with Crippen LogP contribution in [-0.4, -0.2) is 0 Å². The van der Waals surface area contributed by atoms with Crippen molar-refractivity contribution in [3.8, 4) is 0 Å². The third-order valence-electron chi connectivity index (χ3n) is 7.48. The highest BCUT2D eigenvalue weighted by Gasteiger charge is 2.07. The lowest BCUT2D eigenvalue weighted by atomic mass is 9.93. The van der Waals surface area contributed by atoms with Crippen molar-refractivity contribution in [1.82, 2.24) is 0 Å². The van der Waals surface area contributed by atoms with Crippen LogP contribution < -0.4 is 0 Å². The minimum Gasteiger partial charge on any atom is -0.141 e. The van der Waals surface area contributed by atoms with Gasteiger partial charge < -0.3 is 0 Å². The van der Waals surface area contributed by atoms with Crippen LogP contribution in [0, 0.1) is 13.8 Å². The monoisotopic (exact) mass is 646 g/mol. The standard InChI is InChI=1S/C16H14.C12H8S.C8H4S3.2C2H6/c1-11-12(2)14-8-4-6-10-16(14)15-9-5-3-7-13(11)15;1-3-7-11-9(5-1)10-6-2-4-8-12(10)13-11;1-3-9-7-5(1)11-6-2-4-10-8(6)7;2*1-2/h3-10H,1-2H3;1-8H;1-4H;2*1-2H3. The fraction of sp³-hybridized carbons (Fsp3) is 0.150. The van der Waals surface area contributed by atoms with Crippen LogP contribution in [0.5, 0.6) is 0 Å². The van der Waals surface area contributed by atoms with Gasteiger partial charge in [0.2, 0.25) is 0 Å². The Balaban J connectivity index is 0.000000125. The van der Waals surface area contributed by atoms with Gasteiger partial charge in [-0.3, -0.25) is 0 Å². The van der Waals surface area contributed by atoms with E-state index < -0.39 is 0 Å². The fourth-order valence-corrected chi connectivity index (χ4v) is 9.99. The van der Waals surface area contributed by atoms with Gasteiger partial charge in [0, 0.05) is 29.6 Å². The number of hydrogen-bond acceptors (Lipinski definition) is 4. The van der Waals surface area contributed by atoms with E-state index in [4.69, 9.17) is 0 Å². The molecule has 0 saturated carbocycles. The molecule has 44 heavy (non-hydrogen) atoms. The van der Waals surface area contributed by atoms with Gasteiger partial charge in [-0.2, -0.15) is 0 Å². The molecule has 0 nitrogen and oxygen atoms in total. The van der Waals surface area contributed by atoms with E-state index in [2.05, 4.69) is 134 Å². The minimum absolute atomic E-state index is 1.36. The van der Waals surface area contributed by atoms with E-state index in [1.54, 1.807) is 0 Å². The van der Waals surface area contributed by atoms with Gasteiger partial charge in [0.05, 0.1) is 9.40 Å². The van der Waals surface area contributed by atoms with Gasteiger partial charge >= 0.3 is 0 Å². The van der Waals surface area contributed by atoms with E-state index in [1.807, 2.05) is 73.0 Å². The molecule has 0 aliphatic carbocycles. The molecule has 0 atom stereocenters. The topological polar surface area (TPSA) is 0 Å². The fourth-order valence-electron chi connectivity index (χ4n) is 5.37. The second-order valence-corrected chi connectivity index (χ2v) is 13.8. The molecule has 4 heteroatoms. The normalized spacial score (nSPS) is 10.5. The van der Waals surface area contributed by atoms with Crippen LogP contribution in [0.25, 0.3) is 60.5 Å². The molecule has 0 radical (unpaired) electrons. The number of thiophene rings is 4. The number of benzene rings is 5. The Bertz CT molecular complexity index is 2100. The van der Waals surface area contributed by atoms with Crippen LogP contribution in [0.3, 0.4) is 0 Å². The van der Waals surface area contributed by atoms with Crippen LogP contribution in [0.4, 0.5) is 0 Å². The summed E-state index contributed by atoms with van der Waals surface area (Å²) in [4.78, 5) is 0. The number of rotatable bonds is 0. The van der Waals surface area contributed by atoms with Crippen molar-refractivity contribution in [1.29, 1.82) is 0 Å². The third kappa shape index (κ3) is 6.31. The first-order valence-corrected chi connectivity index (χ1v) is 18.6. The van der Waals surface area contributed by atoms with Crippen LogP contribution >= 0.6 is 45.3 Å². The molecule has 0 N–H and O–H groups in total. The molecule has 4 aromatic heterocycles. The van der Waals surface area contributed by atoms with E-state index in [-0.39, 0.29) is 0 Å². The summed E-state index contributed by atoms with van der Waals surface area (Å²) in [5, 5.41) is 12.6. The summed E-state index contributed by atoms with van der Waals surface area (Å²) >= 11 is 7.46. The molecular weight excluding hydrogens is 609 g/mol. The maximum atomic E-state index is 2.21. The highest BCUT2D eigenvalue weighted by molar-refractivity contribution is 7.37. The zero-order valence-electron chi connectivity index (χ0n) is 26.2. The average molecular weight is 647 g/mol. The zero-order valence-corrected chi connectivity index (χ0v) is 29.4. The zero-order chi connectivity index (χ0) is 31.1. The van der Waals surface area contributed by atoms with Gasteiger partial charge in [0.25, 0.3) is 0 Å². The first kappa shape index (κ1) is 31.9. The van der Waals surface area contributed by atoms with Crippen molar-refractivity contribution in [3.63, 3.8) is 0 Å². The van der Waals surface area contributed by atoms with Crippen LogP contribution in [0.1, 0.15) is 38.8 Å². The Morgan fingerprint density at radius 1 is 0.341 bits per heavy atom. The number of aryl methyl sites for hydroxylation is 2. The number of fused-ring (bicyclic) bond motifs is 9. The molecule has 222 valence electrons. The summed E-state index contributed by atoms with van der Waals surface area (Å²) in [6, 6.07) is 38.8. The highest BCUT2D eigenvalue weighted by atomic mass is 32.1. The van der Waals surface area contributed by atoms with Gasteiger partial charge in [-0.05, 0) is 81.5 Å². The van der Waals surface area contributed by atoms with Crippen molar-refractivity contribution in [2.24, 2.45) is 0 Å². The third-order valence-corrected chi connectivity index (χ3v) is 12.0. The minimum atomic E-state index is 1.36. The Kier molecular flexibility index (Phi) is 10.8. The van der Waals surface area contributed by atoms with Gasteiger partial charge in [0.1, 0.15) is 0 Å². The maximum Gasteiger partial charge on any atom is 0.0629 e. The molecule has 0 unspecified atom stereocenters. The van der Waals surface area contributed by atoms with Gasteiger partial charge in [-0.15, -0.1) is 45.3 Å². The first-order valence-electron chi connectivity index (χ1n) is 15.2. The molecule has 0 spiro atoms. The summed E-state index contributed by atoms with van der Waals surface area (Å²) in [6.07, 6.45) is 0. The van der Waals surface area contributed by atoms with Crippen molar-refractivity contribution in [3.05, 3.63) is 131 Å². The molecule has 9 rings (SSSR count). The Morgan fingerprint density at radius 3 is 1.07 bits per heavy atom. The Labute approximate surface area is 276 Å². The van der Waals surface area contributed by atoms with E-state index in [0.29, 0.717) is 0 Å². The molecule has 0 saturated heterocycles. The molecule has 5 aromatic carbocycles. The lowest BCUT2D eigenvalue weighted by Gasteiger charge is -2.11. The second kappa shape index (κ2) is 15.0. The molecule has 9 aromatic rings. The number of hydrogen-bond donors (Lipinski definition) is 0. The molecule has 0 fully saturated rings. The SMILES string of the molecule is CC.CC.Cc1c(C)c2ccccc2c2ccccc12.c1cc2sc3ccsc3c2s1.c1ccc2c(c1)sc1ccccc12. The van der Waals surface area contributed by atoms with Crippen molar-refractivity contribution in [2.45, 2.75) is 41.5 Å². The van der Waals surface area contributed by atoms with E-state index in [9.17, 15) is 0 Å². The van der Waals surface area contributed by atoms with Gasteiger partial charge in [-0.25, -0.2) is 0 Å². The lowest BCUT2D eigenvalue weighted by molar-refractivity contribution is 1.41. The molecule has 0 aliphatic rings. The summed E-state index contributed by atoms with van der Waals surface area (Å²) in [5.41, 5.74) is 2.80. The predicted molar refractivity (Wildman–Crippen MR) is 208 cm³/mol. The summed E-state index contributed by atoms with van der Waals surface area (Å²) in [7, 11) is 0. The molecular formula is C40H38S4. The quantitative estimate of drug-likeness (QED) is 0.144. The molecule has 0 aliphatic heterocycles. The van der Waals surface area contributed by atoms with E-state index >= 15 is 0 Å². The average Bonchev–Trinajstić information content (AvgIpc) is 3.88. The second-order valence-electron chi connectivity index (χ2n) is 9.77. The summed E-state index contributed by atoms with van der Waals surface area (Å²) in [5.74, 6) is 0. The predicted octanol–water partition coefficient (Wildman–Crippen LogP) is 14.9. The van der Waals surface area contributed by atoms with Crippen LogP contribution in [0.15, 0.2) is 120 Å². The largest absolute Gasteiger partial charge is 0.141 e. The van der Waals surface area contributed by atoms with Crippen molar-refractivity contribution >= 4 is 106 Å². The Hall–Kier alpha value is -3.54. The highest BCUT2D eigenvalue weighted by Crippen LogP contribution is 2.40. The van der Waals surface area contributed by atoms with Gasteiger partial charge in [-0.1, -0.05) is 113 Å². The van der Waals surface area contributed by atoms with Gasteiger partial charge in [0.15, 0.2) is 0 Å². The molecule has 4 heterocycles. The van der Waals surface area contributed by atoms with Crippen molar-refractivity contribution in [2.75, 3.05) is 0 Å². The lowest BCUT2D eigenvalue weighted by Crippen LogP contribution is -1.87. The van der Waals surface area contributed by atoms with E-state index in [0.717, 1.165) is 0 Å².